The number of pyridine rings is 1. The van der Waals surface area contributed by atoms with Crippen LogP contribution in [-0.4, -0.2) is 75.9 Å². The third kappa shape index (κ3) is 8.51. The molecule has 0 saturated heterocycles. The lowest BCUT2D eigenvalue weighted by Crippen LogP contribution is -2.48. The summed E-state index contributed by atoms with van der Waals surface area (Å²) in [5.74, 6) is 0.846. The zero-order valence-corrected chi connectivity index (χ0v) is 17.7. The molecule has 0 fully saturated rings. The van der Waals surface area contributed by atoms with E-state index in [0.717, 1.165) is 48.8 Å². The van der Waals surface area contributed by atoms with Crippen LogP contribution >= 0.6 is 0 Å². The minimum absolute atomic E-state index is 0.241. The first kappa shape index (κ1) is 25.2. The Kier molecular flexibility index (Phi) is 11.4. The maximum Gasteiger partial charge on any atom is 0.151 e. The van der Waals surface area contributed by atoms with Crippen LogP contribution in [0.3, 0.4) is 0 Å². The molecule has 8 heteroatoms. The Labute approximate surface area is 182 Å². The van der Waals surface area contributed by atoms with Crippen molar-refractivity contribution in [2.75, 3.05) is 19.8 Å². The van der Waals surface area contributed by atoms with E-state index in [1.54, 1.807) is 6.20 Å². The van der Waals surface area contributed by atoms with Gasteiger partial charge in [0.25, 0.3) is 0 Å². The van der Waals surface area contributed by atoms with Gasteiger partial charge in [-0.05, 0) is 37.1 Å². The smallest absolute Gasteiger partial charge is 0.151 e. The van der Waals surface area contributed by atoms with Gasteiger partial charge in [-0.25, -0.2) is 0 Å². The van der Waals surface area contributed by atoms with Gasteiger partial charge in [-0.3, -0.25) is 4.98 Å². The Hall–Kier alpha value is -2.10. The van der Waals surface area contributed by atoms with Crippen molar-refractivity contribution in [2.24, 2.45) is 0 Å². The van der Waals surface area contributed by atoms with Crippen molar-refractivity contribution in [1.29, 1.82) is 0 Å². The van der Waals surface area contributed by atoms with Crippen molar-refractivity contribution in [3.8, 4) is 5.75 Å². The summed E-state index contributed by atoms with van der Waals surface area (Å²) in [4.78, 5) is 15.1. The number of benzene rings is 1. The zero-order chi connectivity index (χ0) is 22.5. The summed E-state index contributed by atoms with van der Waals surface area (Å²) >= 11 is 0. The summed E-state index contributed by atoms with van der Waals surface area (Å²) < 4.78 is 11.2. The first-order valence-corrected chi connectivity index (χ1v) is 10.8. The molecular weight excluding hydrogens is 402 g/mol. The van der Waals surface area contributed by atoms with E-state index in [9.17, 15) is 20.1 Å². The molecule has 0 aliphatic heterocycles. The van der Waals surface area contributed by atoms with Gasteiger partial charge in [-0.2, -0.15) is 0 Å². The summed E-state index contributed by atoms with van der Waals surface area (Å²) in [5.41, 5.74) is 0.949. The Bertz CT molecular complexity index is 772. The van der Waals surface area contributed by atoms with Crippen LogP contribution < -0.4 is 4.74 Å². The lowest BCUT2D eigenvalue weighted by Gasteiger charge is -2.27. The van der Waals surface area contributed by atoms with Crippen LogP contribution in [0.25, 0.3) is 10.9 Å². The van der Waals surface area contributed by atoms with Gasteiger partial charge in [0, 0.05) is 18.2 Å². The number of unbranched alkanes of at least 4 members (excludes halogenated alkanes) is 5. The SMILES string of the molecule is O=CC(O)C(OCCCCCCCCOc1ccc2ncccc2c1)C(O)C(O)CO. The van der Waals surface area contributed by atoms with E-state index in [0.29, 0.717) is 13.0 Å². The van der Waals surface area contributed by atoms with Gasteiger partial charge in [0.05, 0.1) is 18.7 Å². The third-order valence-corrected chi connectivity index (χ3v) is 5.09. The summed E-state index contributed by atoms with van der Waals surface area (Å²) in [6.07, 6.45) is 1.85. The van der Waals surface area contributed by atoms with Crippen LogP contribution in [0.1, 0.15) is 38.5 Å². The predicted octanol–water partition coefficient (Wildman–Crippen LogP) is 1.61. The van der Waals surface area contributed by atoms with Crippen LogP contribution in [0.2, 0.25) is 0 Å². The number of nitrogens with zero attached hydrogens (tertiary/aromatic N) is 1. The lowest BCUT2D eigenvalue weighted by molar-refractivity contribution is -0.150. The van der Waals surface area contributed by atoms with Gasteiger partial charge >= 0.3 is 0 Å². The standard InChI is InChI=1S/C23H33NO7/c25-15-20(27)22(29)23(21(28)16-26)31-13-6-4-2-1-3-5-12-30-18-9-10-19-17(14-18)8-7-11-24-19/h7-11,14,16,20-23,25,27-29H,1-6,12-13,15H2. The monoisotopic (exact) mass is 435 g/mol. The summed E-state index contributed by atoms with van der Waals surface area (Å²) in [6, 6.07) is 9.79. The van der Waals surface area contributed by atoms with E-state index in [1.165, 1.54) is 0 Å². The van der Waals surface area contributed by atoms with Crippen molar-refractivity contribution >= 4 is 17.2 Å². The van der Waals surface area contributed by atoms with E-state index < -0.39 is 31.0 Å². The van der Waals surface area contributed by atoms with E-state index in [1.807, 2.05) is 30.3 Å². The van der Waals surface area contributed by atoms with Crippen molar-refractivity contribution in [1.82, 2.24) is 4.98 Å². The van der Waals surface area contributed by atoms with Crippen LogP contribution in [-0.2, 0) is 9.53 Å². The summed E-state index contributed by atoms with van der Waals surface area (Å²) in [7, 11) is 0. The van der Waals surface area contributed by atoms with Gasteiger partial charge in [-0.1, -0.05) is 31.7 Å². The molecule has 0 saturated carbocycles. The second kappa shape index (κ2) is 14.1. The predicted molar refractivity (Wildman–Crippen MR) is 116 cm³/mol. The highest BCUT2D eigenvalue weighted by Crippen LogP contribution is 2.19. The molecule has 1 heterocycles. The number of hydrogen-bond donors (Lipinski definition) is 4. The molecular formula is C23H33NO7. The molecule has 1 aromatic carbocycles. The Morgan fingerprint density at radius 1 is 0.968 bits per heavy atom. The van der Waals surface area contributed by atoms with Gasteiger partial charge in [0.15, 0.2) is 6.29 Å². The summed E-state index contributed by atoms with van der Waals surface area (Å²) in [6.45, 7) is 0.213. The minimum atomic E-state index is -1.56. The summed E-state index contributed by atoms with van der Waals surface area (Å²) in [5, 5.41) is 38.9. The Morgan fingerprint density at radius 3 is 2.39 bits per heavy atom. The molecule has 31 heavy (non-hydrogen) atoms. The van der Waals surface area contributed by atoms with Crippen LogP contribution in [0.4, 0.5) is 0 Å². The highest BCUT2D eigenvalue weighted by molar-refractivity contribution is 5.79. The fraction of sp³-hybridized carbons (Fsp3) is 0.565. The molecule has 0 amide bonds. The highest BCUT2D eigenvalue weighted by atomic mass is 16.5. The van der Waals surface area contributed by atoms with Crippen molar-refractivity contribution < 1.29 is 34.7 Å². The molecule has 172 valence electrons. The van der Waals surface area contributed by atoms with E-state index >= 15 is 0 Å². The van der Waals surface area contributed by atoms with Gasteiger partial charge < -0.3 is 34.7 Å². The van der Waals surface area contributed by atoms with E-state index in [-0.39, 0.29) is 12.9 Å². The quantitative estimate of drug-likeness (QED) is 0.231. The minimum Gasteiger partial charge on any atom is -0.494 e. The average Bonchev–Trinajstić information content (AvgIpc) is 2.81. The number of fused-ring (bicyclic) bond motifs is 1. The molecule has 2 aromatic rings. The van der Waals surface area contributed by atoms with Gasteiger partial charge in [-0.15, -0.1) is 0 Å². The fourth-order valence-electron chi connectivity index (χ4n) is 3.27. The number of carbonyl (C=O) groups excluding carboxylic acids is 1. The number of carbonyl (C=O) groups is 1. The topological polar surface area (TPSA) is 129 Å². The van der Waals surface area contributed by atoms with E-state index in [2.05, 4.69) is 4.98 Å². The van der Waals surface area contributed by atoms with Gasteiger partial charge in [0.1, 0.15) is 30.2 Å². The van der Waals surface area contributed by atoms with Crippen molar-refractivity contribution in [3.63, 3.8) is 0 Å². The first-order chi connectivity index (χ1) is 15.1. The molecule has 8 nitrogen and oxygen atoms in total. The molecule has 1 aromatic heterocycles. The average molecular weight is 436 g/mol. The molecule has 4 unspecified atom stereocenters. The lowest BCUT2D eigenvalue weighted by atomic mass is 10.0. The molecule has 4 atom stereocenters. The Balaban J connectivity index is 1.54. The zero-order valence-electron chi connectivity index (χ0n) is 17.7. The molecule has 0 aliphatic carbocycles. The highest BCUT2D eigenvalue weighted by Gasteiger charge is 2.32. The number of rotatable bonds is 16. The number of aldehydes is 1. The normalized spacial score (nSPS) is 15.4. The molecule has 4 N–H and O–H groups in total. The maximum absolute atomic E-state index is 10.8. The Morgan fingerprint density at radius 2 is 1.68 bits per heavy atom. The van der Waals surface area contributed by atoms with Gasteiger partial charge in [0.2, 0.25) is 0 Å². The largest absolute Gasteiger partial charge is 0.494 e. The maximum atomic E-state index is 10.8. The second-order valence-corrected chi connectivity index (χ2v) is 7.53. The van der Waals surface area contributed by atoms with Crippen LogP contribution in [0, 0.1) is 0 Å². The van der Waals surface area contributed by atoms with E-state index in [4.69, 9.17) is 14.6 Å². The van der Waals surface area contributed by atoms with Crippen LogP contribution in [0.15, 0.2) is 36.5 Å². The third-order valence-electron chi connectivity index (χ3n) is 5.09. The van der Waals surface area contributed by atoms with Crippen molar-refractivity contribution in [2.45, 2.75) is 62.9 Å². The number of ether oxygens (including phenoxy) is 2. The number of hydrogen-bond acceptors (Lipinski definition) is 8. The number of aromatic nitrogens is 1. The second-order valence-electron chi connectivity index (χ2n) is 7.53. The molecule has 0 spiro atoms. The molecule has 2 rings (SSSR count). The molecule has 0 aliphatic rings. The van der Waals surface area contributed by atoms with Crippen LogP contribution in [0.5, 0.6) is 5.75 Å². The fourth-order valence-corrected chi connectivity index (χ4v) is 3.27. The first-order valence-electron chi connectivity index (χ1n) is 10.8. The molecule has 0 bridgehead atoms. The molecule has 0 radical (unpaired) electrons. The number of aliphatic hydroxyl groups is 4. The van der Waals surface area contributed by atoms with Crippen molar-refractivity contribution in [3.05, 3.63) is 36.5 Å². The number of aliphatic hydroxyl groups excluding tert-OH is 4.